The molecule has 2 rings (SSSR count). The summed E-state index contributed by atoms with van der Waals surface area (Å²) in [6, 6.07) is 11.0. The van der Waals surface area contributed by atoms with Crippen LogP contribution in [-0.4, -0.2) is 17.7 Å². The standard InChI is InChI=1S/C16H15F2NO4/c17-16(18)23-14-7-3-6-13(11(14)9-19)22-12-5-2-1-4-10(12)8-15(20)21/h1-7,16H,8-9,19H2,(H,20,21). The third-order valence-electron chi connectivity index (χ3n) is 3.04. The van der Waals surface area contributed by atoms with Gasteiger partial charge in [-0.1, -0.05) is 24.3 Å². The van der Waals surface area contributed by atoms with Gasteiger partial charge in [0, 0.05) is 12.1 Å². The summed E-state index contributed by atoms with van der Waals surface area (Å²) in [5.41, 5.74) is 6.34. The molecule has 0 saturated heterocycles. The molecule has 7 heteroatoms. The van der Waals surface area contributed by atoms with Gasteiger partial charge in [0.05, 0.1) is 12.0 Å². The number of carbonyl (C=O) groups is 1. The van der Waals surface area contributed by atoms with Gasteiger partial charge >= 0.3 is 12.6 Å². The second kappa shape index (κ2) is 7.55. The molecule has 0 bridgehead atoms. The number of hydrogen-bond donors (Lipinski definition) is 2. The summed E-state index contributed by atoms with van der Waals surface area (Å²) in [5, 5.41) is 8.92. The number of rotatable bonds is 7. The minimum atomic E-state index is -2.98. The first-order valence-corrected chi connectivity index (χ1v) is 6.75. The predicted molar refractivity (Wildman–Crippen MR) is 78.8 cm³/mol. The van der Waals surface area contributed by atoms with Gasteiger partial charge in [-0.15, -0.1) is 0 Å². The van der Waals surface area contributed by atoms with Gasteiger partial charge in [-0.3, -0.25) is 4.79 Å². The molecular formula is C16H15F2NO4. The topological polar surface area (TPSA) is 81.8 Å². The lowest BCUT2D eigenvalue weighted by Gasteiger charge is -2.16. The molecule has 0 amide bonds. The summed E-state index contributed by atoms with van der Waals surface area (Å²) in [5.74, 6) is -0.520. The maximum absolute atomic E-state index is 12.4. The number of ether oxygens (including phenoxy) is 2. The molecule has 0 saturated carbocycles. The quantitative estimate of drug-likeness (QED) is 0.818. The Bertz CT molecular complexity index is 692. The van der Waals surface area contributed by atoms with Crippen molar-refractivity contribution in [3.8, 4) is 17.2 Å². The van der Waals surface area contributed by atoms with Gasteiger partial charge in [0.1, 0.15) is 17.2 Å². The first-order chi connectivity index (χ1) is 11.0. The third kappa shape index (κ3) is 4.40. The van der Waals surface area contributed by atoms with E-state index in [0.29, 0.717) is 11.3 Å². The van der Waals surface area contributed by atoms with Crippen molar-refractivity contribution in [2.45, 2.75) is 19.6 Å². The number of hydrogen-bond acceptors (Lipinski definition) is 4. The van der Waals surface area contributed by atoms with Crippen molar-refractivity contribution in [2.75, 3.05) is 0 Å². The molecule has 0 aliphatic carbocycles. The molecule has 0 fully saturated rings. The monoisotopic (exact) mass is 323 g/mol. The number of alkyl halides is 2. The Hall–Kier alpha value is -2.67. The van der Waals surface area contributed by atoms with Crippen LogP contribution in [0.4, 0.5) is 8.78 Å². The van der Waals surface area contributed by atoms with Crippen LogP contribution in [0.15, 0.2) is 42.5 Å². The molecule has 0 aliphatic heterocycles. The third-order valence-corrected chi connectivity index (χ3v) is 3.04. The summed E-state index contributed by atoms with van der Waals surface area (Å²) in [4.78, 5) is 10.9. The van der Waals surface area contributed by atoms with Crippen LogP contribution >= 0.6 is 0 Å². The number of aliphatic carboxylic acids is 1. The molecule has 5 nitrogen and oxygen atoms in total. The van der Waals surface area contributed by atoms with Crippen molar-refractivity contribution >= 4 is 5.97 Å². The van der Waals surface area contributed by atoms with Gasteiger partial charge in [0.2, 0.25) is 0 Å². The average molecular weight is 323 g/mol. The SMILES string of the molecule is NCc1c(Oc2ccccc2CC(=O)O)cccc1OC(F)F. The van der Waals surface area contributed by atoms with Crippen LogP contribution in [0, 0.1) is 0 Å². The number of carboxylic acids is 1. The summed E-state index contributed by atoms with van der Waals surface area (Å²) in [7, 11) is 0. The Kier molecular flexibility index (Phi) is 5.48. The molecule has 0 unspecified atom stereocenters. The van der Waals surface area contributed by atoms with Crippen LogP contribution in [0.2, 0.25) is 0 Å². The van der Waals surface area contributed by atoms with E-state index >= 15 is 0 Å². The molecule has 0 heterocycles. The molecule has 0 aliphatic rings. The molecular weight excluding hydrogens is 308 g/mol. The predicted octanol–water partition coefficient (Wildman–Crippen LogP) is 3.17. The molecule has 0 radical (unpaired) electrons. The number of nitrogens with two attached hydrogens (primary N) is 1. The summed E-state index contributed by atoms with van der Waals surface area (Å²) < 4.78 is 35.0. The first kappa shape index (κ1) is 16.7. The van der Waals surface area contributed by atoms with E-state index in [4.69, 9.17) is 15.6 Å². The minimum absolute atomic E-state index is 0.0701. The highest BCUT2D eigenvalue weighted by Gasteiger charge is 2.15. The first-order valence-electron chi connectivity index (χ1n) is 6.75. The van der Waals surface area contributed by atoms with E-state index < -0.39 is 12.6 Å². The van der Waals surface area contributed by atoms with Crippen LogP contribution in [0.3, 0.4) is 0 Å². The molecule has 122 valence electrons. The Balaban J connectivity index is 2.35. The second-order valence-corrected chi connectivity index (χ2v) is 4.60. The normalized spacial score (nSPS) is 10.6. The number of benzene rings is 2. The molecule has 23 heavy (non-hydrogen) atoms. The van der Waals surface area contributed by atoms with Crippen LogP contribution in [0.25, 0.3) is 0 Å². The highest BCUT2D eigenvalue weighted by atomic mass is 19.3. The fourth-order valence-electron chi connectivity index (χ4n) is 2.08. The zero-order chi connectivity index (χ0) is 16.8. The van der Waals surface area contributed by atoms with Crippen molar-refractivity contribution in [1.82, 2.24) is 0 Å². The van der Waals surface area contributed by atoms with E-state index in [1.165, 1.54) is 12.1 Å². The average Bonchev–Trinajstić information content (AvgIpc) is 2.48. The lowest BCUT2D eigenvalue weighted by Crippen LogP contribution is -2.08. The van der Waals surface area contributed by atoms with Crippen molar-refractivity contribution in [3.05, 3.63) is 53.6 Å². The number of carboxylic acid groups (broad SMARTS) is 1. The van der Waals surface area contributed by atoms with Crippen LogP contribution < -0.4 is 15.2 Å². The van der Waals surface area contributed by atoms with Crippen LogP contribution in [0.1, 0.15) is 11.1 Å². The van der Waals surface area contributed by atoms with E-state index in [2.05, 4.69) is 4.74 Å². The van der Waals surface area contributed by atoms with E-state index in [0.717, 1.165) is 0 Å². The largest absolute Gasteiger partial charge is 0.481 e. The van der Waals surface area contributed by atoms with E-state index in [9.17, 15) is 13.6 Å². The highest BCUT2D eigenvalue weighted by molar-refractivity contribution is 5.71. The van der Waals surface area contributed by atoms with E-state index in [1.54, 1.807) is 30.3 Å². The fourth-order valence-corrected chi connectivity index (χ4v) is 2.08. The number of halogens is 2. The van der Waals surface area contributed by atoms with E-state index in [-0.39, 0.29) is 30.0 Å². The Morgan fingerprint density at radius 2 is 1.74 bits per heavy atom. The Labute approximate surface area is 131 Å². The zero-order valence-electron chi connectivity index (χ0n) is 12.0. The number of para-hydroxylation sites is 1. The molecule has 3 N–H and O–H groups in total. The second-order valence-electron chi connectivity index (χ2n) is 4.60. The smallest absolute Gasteiger partial charge is 0.387 e. The molecule has 2 aromatic rings. The maximum Gasteiger partial charge on any atom is 0.387 e. The van der Waals surface area contributed by atoms with Gasteiger partial charge < -0.3 is 20.3 Å². The van der Waals surface area contributed by atoms with E-state index in [1.807, 2.05) is 0 Å². The Morgan fingerprint density at radius 3 is 2.39 bits per heavy atom. The maximum atomic E-state index is 12.4. The molecule has 0 spiro atoms. The van der Waals surface area contributed by atoms with Crippen molar-refractivity contribution in [2.24, 2.45) is 5.73 Å². The van der Waals surface area contributed by atoms with Crippen molar-refractivity contribution in [1.29, 1.82) is 0 Å². The summed E-state index contributed by atoms with van der Waals surface area (Å²) in [6.45, 7) is -3.05. The Morgan fingerprint density at radius 1 is 1.09 bits per heavy atom. The van der Waals surface area contributed by atoms with Gasteiger partial charge in [0.25, 0.3) is 0 Å². The molecule has 0 atom stereocenters. The summed E-state index contributed by atoms with van der Waals surface area (Å²) in [6.07, 6.45) is -0.221. The highest BCUT2D eigenvalue weighted by Crippen LogP contribution is 2.34. The summed E-state index contributed by atoms with van der Waals surface area (Å²) >= 11 is 0. The van der Waals surface area contributed by atoms with Gasteiger partial charge in [-0.05, 0) is 18.2 Å². The van der Waals surface area contributed by atoms with Gasteiger partial charge in [-0.2, -0.15) is 8.78 Å². The van der Waals surface area contributed by atoms with Crippen molar-refractivity contribution in [3.63, 3.8) is 0 Å². The van der Waals surface area contributed by atoms with Gasteiger partial charge in [-0.25, -0.2) is 0 Å². The fraction of sp³-hybridized carbons (Fsp3) is 0.188. The van der Waals surface area contributed by atoms with Crippen molar-refractivity contribution < 1.29 is 28.2 Å². The molecule has 2 aromatic carbocycles. The van der Waals surface area contributed by atoms with Gasteiger partial charge in [0.15, 0.2) is 0 Å². The zero-order valence-corrected chi connectivity index (χ0v) is 12.0. The lowest BCUT2D eigenvalue weighted by atomic mass is 10.1. The lowest BCUT2D eigenvalue weighted by molar-refractivity contribution is -0.136. The van der Waals surface area contributed by atoms with Crippen LogP contribution in [0.5, 0.6) is 17.2 Å². The van der Waals surface area contributed by atoms with Crippen LogP contribution in [-0.2, 0) is 17.8 Å². The molecule has 0 aromatic heterocycles. The minimum Gasteiger partial charge on any atom is -0.481 e.